The largest absolute Gasteiger partial charge is 0.268 e. The molecule has 0 bridgehead atoms. The Balaban J connectivity index is 2.12. The Kier molecular flexibility index (Phi) is 4.53. The van der Waals surface area contributed by atoms with E-state index in [0.29, 0.717) is 4.77 Å². The molecule has 0 saturated carbocycles. The lowest BCUT2D eigenvalue weighted by molar-refractivity contribution is 1.00. The number of hydrogen-bond donors (Lipinski definition) is 1. The van der Waals surface area contributed by atoms with E-state index >= 15 is 0 Å². The van der Waals surface area contributed by atoms with Gasteiger partial charge in [-0.05, 0) is 54.4 Å². The summed E-state index contributed by atoms with van der Waals surface area (Å²) >= 11 is 5.44. The van der Waals surface area contributed by atoms with Crippen LogP contribution >= 0.6 is 12.2 Å². The third-order valence-corrected chi connectivity index (χ3v) is 4.02. The van der Waals surface area contributed by atoms with Crippen LogP contribution in [-0.2, 0) is 0 Å². The molecular formula is C19H19N3S. The van der Waals surface area contributed by atoms with E-state index < -0.39 is 0 Å². The molecule has 3 nitrogen and oxygen atoms in total. The molecule has 0 spiro atoms. The zero-order valence-corrected chi connectivity index (χ0v) is 14.1. The molecule has 0 aliphatic heterocycles. The number of rotatable bonds is 4. The lowest BCUT2D eigenvalue weighted by atomic mass is 10.1. The standard InChI is InChI=1S/C19H19N3S/c1-3-8-14(2)18-20-21-19(23)22(18)17-12-7-11-16(13-17)15-9-5-4-6-10-15/h4-13H,3H2,1-2H3,(H,21,23)/b14-8+. The molecule has 1 N–H and O–H groups in total. The van der Waals surface area contributed by atoms with Gasteiger partial charge in [0.05, 0.1) is 5.69 Å². The highest BCUT2D eigenvalue weighted by Gasteiger charge is 2.10. The first kappa shape index (κ1) is 15.4. The molecule has 0 unspecified atom stereocenters. The van der Waals surface area contributed by atoms with E-state index in [-0.39, 0.29) is 0 Å². The molecule has 0 amide bonds. The molecule has 23 heavy (non-hydrogen) atoms. The number of allylic oxidation sites excluding steroid dienone is 2. The number of aromatic amines is 1. The molecule has 0 radical (unpaired) electrons. The van der Waals surface area contributed by atoms with E-state index in [1.54, 1.807) is 0 Å². The highest BCUT2D eigenvalue weighted by atomic mass is 32.1. The molecule has 1 aromatic heterocycles. The Bertz CT molecular complexity index is 888. The van der Waals surface area contributed by atoms with Crippen LogP contribution in [0.2, 0.25) is 0 Å². The Morgan fingerprint density at radius 3 is 2.61 bits per heavy atom. The molecule has 3 rings (SSSR count). The summed E-state index contributed by atoms with van der Waals surface area (Å²) in [7, 11) is 0. The molecule has 3 aromatic rings. The molecule has 116 valence electrons. The second-order valence-electron chi connectivity index (χ2n) is 5.40. The summed E-state index contributed by atoms with van der Waals surface area (Å²) < 4.78 is 2.59. The quantitative estimate of drug-likeness (QED) is 0.652. The smallest absolute Gasteiger partial charge is 0.200 e. The molecule has 2 aromatic carbocycles. The monoisotopic (exact) mass is 321 g/mol. The lowest BCUT2D eigenvalue weighted by Crippen LogP contribution is -2.00. The molecule has 0 atom stereocenters. The van der Waals surface area contributed by atoms with Gasteiger partial charge in [0.1, 0.15) is 0 Å². The third kappa shape index (κ3) is 3.17. The fraction of sp³-hybridized carbons (Fsp3) is 0.158. The van der Waals surface area contributed by atoms with Crippen molar-refractivity contribution in [2.75, 3.05) is 0 Å². The Morgan fingerprint density at radius 1 is 1.13 bits per heavy atom. The number of aromatic nitrogens is 3. The van der Waals surface area contributed by atoms with Crippen molar-refractivity contribution in [1.82, 2.24) is 14.8 Å². The van der Waals surface area contributed by atoms with Crippen LogP contribution in [0.25, 0.3) is 22.4 Å². The minimum Gasteiger partial charge on any atom is -0.268 e. The van der Waals surface area contributed by atoms with Crippen molar-refractivity contribution in [2.24, 2.45) is 0 Å². The van der Waals surface area contributed by atoms with Gasteiger partial charge in [-0.15, -0.1) is 0 Å². The second-order valence-corrected chi connectivity index (χ2v) is 5.79. The van der Waals surface area contributed by atoms with E-state index in [4.69, 9.17) is 12.2 Å². The van der Waals surface area contributed by atoms with Gasteiger partial charge in [0.25, 0.3) is 0 Å². The van der Waals surface area contributed by atoms with E-state index in [0.717, 1.165) is 29.1 Å². The summed E-state index contributed by atoms with van der Waals surface area (Å²) in [5, 5.41) is 7.30. The van der Waals surface area contributed by atoms with Crippen molar-refractivity contribution in [1.29, 1.82) is 0 Å². The third-order valence-electron chi connectivity index (χ3n) is 3.75. The van der Waals surface area contributed by atoms with Gasteiger partial charge < -0.3 is 0 Å². The minimum absolute atomic E-state index is 0.606. The first-order valence-corrected chi connectivity index (χ1v) is 8.12. The molecule has 0 aliphatic carbocycles. The number of nitrogens with one attached hydrogen (secondary N) is 1. The first-order chi connectivity index (χ1) is 11.2. The Morgan fingerprint density at radius 2 is 1.87 bits per heavy atom. The number of nitrogens with zero attached hydrogens (tertiary/aromatic N) is 2. The van der Waals surface area contributed by atoms with E-state index in [1.807, 2.05) is 22.8 Å². The van der Waals surface area contributed by atoms with Crippen molar-refractivity contribution < 1.29 is 0 Å². The highest BCUT2D eigenvalue weighted by Crippen LogP contribution is 2.24. The van der Waals surface area contributed by atoms with Gasteiger partial charge in [0, 0.05) is 0 Å². The lowest BCUT2D eigenvalue weighted by Gasteiger charge is -2.09. The van der Waals surface area contributed by atoms with Crippen LogP contribution < -0.4 is 0 Å². The SMILES string of the molecule is CC/C=C(\C)c1n[nH]c(=S)n1-c1cccc(-c2ccccc2)c1. The summed E-state index contributed by atoms with van der Waals surface area (Å²) in [5.74, 6) is 0.863. The summed E-state index contributed by atoms with van der Waals surface area (Å²) in [6, 6.07) is 18.7. The van der Waals surface area contributed by atoms with Crippen molar-refractivity contribution in [2.45, 2.75) is 20.3 Å². The normalized spacial score (nSPS) is 11.7. The molecule has 0 saturated heterocycles. The fourth-order valence-corrected chi connectivity index (χ4v) is 2.89. The van der Waals surface area contributed by atoms with Gasteiger partial charge in [-0.1, -0.05) is 55.5 Å². The maximum absolute atomic E-state index is 5.44. The molecular weight excluding hydrogens is 302 g/mol. The van der Waals surface area contributed by atoms with Gasteiger partial charge in [-0.3, -0.25) is 9.67 Å². The maximum atomic E-state index is 5.44. The van der Waals surface area contributed by atoms with Gasteiger partial charge in [0.2, 0.25) is 0 Å². The molecule has 4 heteroatoms. The van der Waals surface area contributed by atoms with Crippen LogP contribution in [0.3, 0.4) is 0 Å². The average molecular weight is 321 g/mol. The molecule has 0 fully saturated rings. The summed E-state index contributed by atoms with van der Waals surface area (Å²) in [6.45, 7) is 4.18. The van der Waals surface area contributed by atoms with Gasteiger partial charge in [-0.25, -0.2) is 0 Å². The Labute approximate surface area is 141 Å². The Hall–Kier alpha value is -2.46. The second kappa shape index (κ2) is 6.75. The molecule has 1 heterocycles. The number of benzene rings is 2. The van der Waals surface area contributed by atoms with Crippen molar-refractivity contribution in [3.8, 4) is 16.8 Å². The predicted octanol–water partition coefficient (Wildman–Crippen LogP) is 5.41. The van der Waals surface area contributed by atoms with Crippen molar-refractivity contribution in [3.05, 3.63) is 71.3 Å². The highest BCUT2D eigenvalue weighted by molar-refractivity contribution is 7.71. The van der Waals surface area contributed by atoms with Gasteiger partial charge >= 0.3 is 0 Å². The summed E-state index contributed by atoms with van der Waals surface area (Å²) in [5.41, 5.74) is 4.48. The predicted molar refractivity (Wildman–Crippen MR) is 98.1 cm³/mol. The van der Waals surface area contributed by atoms with E-state index in [2.05, 4.69) is 66.5 Å². The van der Waals surface area contributed by atoms with Crippen LogP contribution in [0.15, 0.2) is 60.7 Å². The van der Waals surface area contributed by atoms with Crippen molar-refractivity contribution >= 4 is 17.8 Å². The summed E-state index contributed by atoms with van der Waals surface area (Å²) in [4.78, 5) is 0. The average Bonchev–Trinajstić information content (AvgIpc) is 2.98. The van der Waals surface area contributed by atoms with Crippen LogP contribution in [0.4, 0.5) is 0 Å². The zero-order valence-electron chi connectivity index (χ0n) is 13.3. The topological polar surface area (TPSA) is 33.6 Å². The molecule has 0 aliphatic rings. The van der Waals surface area contributed by atoms with Crippen LogP contribution in [0.5, 0.6) is 0 Å². The van der Waals surface area contributed by atoms with Crippen LogP contribution in [0.1, 0.15) is 26.1 Å². The number of hydrogen-bond acceptors (Lipinski definition) is 2. The van der Waals surface area contributed by atoms with Gasteiger partial charge in [0.15, 0.2) is 10.6 Å². The minimum atomic E-state index is 0.606. The number of H-pyrrole nitrogens is 1. The van der Waals surface area contributed by atoms with Gasteiger partial charge in [-0.2, -0.15) is 5.10 Å². The maximum Gasteiger partial charge on any atom is 0.200 e. The summed E-state index contributed by atoms with van der Waals surface area (Å²) in [6.07, 6.45) is 3.12. The van der Waals surface area contributed by atoms with Crippen molar-refractivity contribution in [3.63, 3.8) is 0 Å². The van der Waals surface area contributed by atoms with E-state index in [1.165, 1.54) is 5.56 Å². The van der Waals surface area contributed by atoms with E-state index in [9.17, 15) is 0 Å². The zero-order chi connectivity index (χ0) is 16.2. The first-order valence-electron chi connectivity index (χ1n) is 7.71. The van der Waals surface area contributed by atoms with Crippen LogP contribution in [-0.4, -0.2) is 14.8 Å². The fourth-order valence-electron chi connectivity index (χ4n) is 2.65. The van der Waals surface area contributed by atoms with Crippen LogP contribution in [0, 0.1) is 4.77 Å².